The molecule has 0 spiro atoms. The second-order valence-corrected chi connectivity index (χ2v) is 7.20. The minimum atomic E-state index is 0.145. The fraction of sp³-hybridized carbons (Fsp3) is 0.533. The third-order valence-electron chi connectivity index (χ3n) is 4.00. The highest BCUT2D eigenvalue weighted by molar-refractivity contribution is 7.22. The second kappa shape index (κ2) is 7.27. The number of rotatable bonds is 4. The van der Waals surface area contributed by atoms with Crippen molar-refractivity contribution in [3.63, 3.8) is 0 Å². The van der Waals surface area contributed by atoms with Crippen LogP contribution in [-0.2, 0) is 0 Å². The molecule has 0 bridgehead atoms. The predicted molar refractivity (Wildman–Crippen MR) is 95.3 cm³/mol. The highest BCUT2D eigenvalue weighted by Gasteiger charge is 2.25. The smallest absolute Gasteiger partial charge is 0.320 e. The number of piperazine rings is 1. The summed E-state index contributed by atoms with van der Waals surface area (Å²) in [5.41, 5.74) is 0. The van der Waals surface area contributed by atoms with E-state index in [4.69, 9.17) is 0 Å². The maximum Gasteiger partial charge on any atom is 0.320 e. The molecule has 2 aromatic heterocycles. The summed E-state index contributed by atoms with van der Waals surface area (Å²) in [5, 5.41) is 12.6. The molecule has 6 nitrogen and oxygen atoms in total. The average molecular weight is 352 g/mol. The molecule has 0 radical (unpaired) electrons. The molecule has 1 saturated heterocycles. The Kier molecular flexibility index (Phi) is 5.12. The Labute approximate surface area is 144 Å². The number of urea groups is 1. The number of amides is 2. The topological polar surface area (TPSA) is 52.6 Å². The molecule has 2 aromatic rings. The Morgan fingerprint density at radius 3 is 2.57 bits per heavy atom. The van der Waals surface area contributed by atoms with Crippen LogP contribution in [0.15, 0.2) is 17.5 Å². The van der Waals surface area contributed by atoms with Crippen LogP contribution >= 0.6 is 22.7 Å². The molecule has 3 rings (SSSR count). The third-order valence-corrected chi connectivity index (χ3v) is 6.02. The molecule has 124 valence electrons. The van der Waals surface area contributed by atoms with Crippen LogP contribution in [0.4, 0.5) is 9.93 Å². The standard InChI is InChI=1S/C15H21N5OS2/c1-3-18(4-2)15(21)20-9-7-19(8-10-20)14-17-16-13(23-14)12-6-5-11-22-12/h5-6,11H,3-4,7-10H2,1-2H3. The number of thiophene rings is 1. The lowest BCUT2D eigenvalue weighted by Gasteiger charge is -2.36. The lowest BCUT2D eigenvalue weighted by molar-refractivity contribution is 0.154. The summed E-state index contributed by atoms with van der Waals surface area (Å²) in [4.78, 5) is 19.6. The normalized spacial score (nSPS) is 15.0. The predicted octanol–water partition coefficient (Wildman–Crippen LogP) is 2.85. The van der Waals surface area contributed by atoms with Gasteiger partial charge in [-0.3, -0.25) is 0 Å². The first kappa shape index (κ1) is 16.2. The van der Waals surface area contributed by atoms with Crippen LogP contribution in [0.1, 0.15) is 13.8 Å². The van der Waals surface area contributed by atoms with E-state index in [0.29, 0.717) is 0 Å². The van der Waals surface area contributed by atoms with E-state index in [-0.39, 0.29) is 6.03 Å². The molecule has 1 aliphatic rings. The average Bonchev–Trinajstić information content (AvgIpc) is 3.27. The van der Waals surface area contributed by atoms with Gasteiger partial charge in [-0.1, -0.05) is 17.4 Å². The maximum absolute atomic E-state index is 12.4. The number of anilines is 1. The largest absolute Gasteiger partial charge is 0.343 e. The van der Waals surface area contributed by atoms with Gasteiger partial charge in [0, 0.05) is 39.3 Å². The molecule has 8 heteroatoms. The van der Waals surface area contributed by atoms with Gasteiger partial charge in [0.1, 0.15) is 0 Å². The van der Waals surface area contributed by atoms with Gasteiger partial charge in [0.2, 0.25) is 5.13 Å². The number of hydrogen-bond donors (Lipinski definition) is 0. The molecule has 1 fully saturated rings. The van der Waals surface area contributed by atoms with Crippen LogP contribution < -0.4 is 4.90 Å². The summed E-state index contributed by atoms with van der Waals surface area (Å²) in [6.45, 7) is 8.66. The zero-order valence-corrected chi connectivity index (χ0v) is 15.1. The molecule has 1 aliphatic heterocycles. The molecule has 3 heterocycles. The Hall–Kier alpha value is -1.67. The molecule has 0 unspecified atom stereocenters. The van der Waals surface area contributed by atoms with Crippen molar-refractivity contribution in [3.05, 3.63) is 17.5 Å². The molecule has 0 N–H and O–H groups in total. The van der Waals surface area contributed by atoms with Crippen molar-refractivity contribution >= 4 is 33.8 Å². The van der Waals surface area contributed by atoms with Gasteiger partial charge in [-0.15, -0.1) is 21.5 Å². The van der Waals surface area contributed by atoms with Gasteiger partial charge in [0.15, 0.2) is 5.01 Å². The van der Waals surface area contributed by atoms with Crippen molar-refractivity contribution in [1.82, 2.24) is 20.0 Å². The van der Waals surface area contributed by atoms with Gasteiger partial charge >= 0.3 is 6.03 Å². The summed E-state index contributed by atoms with van der Waals surface area (Å²) < 4.78 is 0. The van der Waals surface area contributed by atoms with Gasteiger partial charge in [-0.05, 0) is 25.3 Å². The summed E-state index contributed by atoms with van der Waals surface area (Å²) in [6, 6.07) is 4.24. The van der Waals surface area contributed by atoms with E-state index in [0.717, 1.165) is 54.3 Å². The number of hydrogen-bond acceptors (Lipinski definition) is 6. The Morgan fingerprint density at radius 2 is 1.96 bits per heavy atom. The minimum absolute atomic E-state index is 0.145. The van der Waals surface area contributed by atoms with Crippen LogP contribution in [0.3, 0.4) is 0 Å². The zero-order valence-electron chi connectivity index (χ0n) is 13.4. The van der Waals surface area contributed by atoms with Gasteiger partial charge in [-0.2, -0.15) is 0 Å². The molecule has 0 saturated carbocycles. The monoisotopic (exact) mass is 351 g/mol. The van der Waals surface area contributed by atoms with Crippen molar-refractivity contribution in [2.75, 3.05) is 44.2 Å². The van der Waals surface area contributed by atoms with Crippen LogP contribution in [0, 0.1) is 0 Å². The zero-order chi connectivity index (χ0) is 16.2. The van der Waals surface area contributed by atoms with E-state index in [1.807, 2.05) is 35.1 Å². The SMILES string of the molecule is CCN(CC)C(=O)N1CCN(c2nnc(-c3cccs3)s2)CC1. The lowest BCUT2D eigenvalue weighted by Crippen LogP contribution is -2.52. The van der Waals surface area contributed by atoms with E-state index in [2.05, 4.69) is 21.2 Å². The number of carbonyl (C=O) groups is 1. The fourth-order valence-corrected chi connectivity index (χ4v) is 4.31. The molecule has 2 amide bonds. The van der Waals surface area contributed by atoms with Crippen molar-refractivity contribution in [3.8, 4) is 9.88 Å². The van der Waals surface area contributed by atoms with E-state index < -0.39 is 0 Å². The van der Waals surface area contributed by atoms with Crippen LogP contribution in [0.5, 0.6) is 0 Å². The first-order valence-electron chi connectivity index (χ1n) is 7.89. The van der Waals surface area contributed by atoms with Crippen molar-refractivity contribution < 1.29 is 4.79 Å². The van der Waals surface area contributed by atoms with Gasteiger partial charge in [-0.25, -0.2) is 4.79 Å². The maximum atomic E-state index is 12.4. The Bertz CT molecular complexity index is 630. The van der Waals surface area contributed by atoms with Crippen molar-refractivity contribution in [2.24, 2.45) is 0 Å². The van der Waals surface area contributed by atoms with Gasteiger partial charge in [0.25, 0.3) is 0 Å². The Morgan fingerprint density at radius 1 is 1.22 bits per heavy atom. The second-order valence-electron chi connectivity index (χ2n) is 5.30. The third kappa shape index (κ3) is 3.48. The fourth-order valence-electron chi connectivity index (χ4n) is 2.63. The summed E-state index contributed by atoms with van der Waals surface area (Å²) in [6.07, 6.45) is 0. The minimum Gasteiger partial charge on any atom is -0.343 e. The lowest BCUT2D eigenvalue weighted by atomic mass is 10.3. The van der Waals surface area contributed by atoms with E-state index in [1.54, 1.807) is 22.7 Å². The Balaban J connectivity index is 1.60. The highest BCUT2D eigenvalue weighted by Crippen LogP contribution is 2.31. The van der Waals surface area contributed by atoms with Crippen molar-refractivity contribution in [2.45, 2.75) is 13.8 Å². The summed E-state index contributed by atoms with van der Waals surface area (Å²) >= 11 is 3.30. The molecule has 0 atom stereocenters. The van der Waals surface area contributed by atoms with E-state index in [9.17, 15) is 4.79 Å². The quantitative estimate of drug-likeness (QED) is 0.850. The van der Waals surface area contributed by atoms with Gasteiger partial charge in [0.05, 0.1) is 4.88 Å². The number of carbonyl (C=O) groups excluding carboxylic acids is 1. The molecular formula is C15H21N5OS2. The highest BCUT2D eigenvalue weighted by atomic mass is 32.1. The molecular weight excluding hydrogens is 330 g/mol. The summed E-state index contributed by atoms with van der Waals surface area (Å²) in [7, 11) is 0. The van der Waals surface area contributed by atoms with Gasteiger partial charge < -0.3 is 14.7 Å². The van der Waals surface area contributed by atoms with Crippen molar-refractivity contribution in [1.29, 1.82) is 0 Å². The van der Waals surface area contributed by atoms with E-state index in [1.165, 1.54) is 0 Å². The molecule has 23 heavy (non-hydrogen) atoms. The first-order valence-corrected chi connectivity index (χ1v) is 9.58. The van der Waals surface area contributed by atoms with Crippen LogP contribution in [-0.4, -0.2) is 65.3 Å². The van der Waals surface area contributed by atoms with E-state index >= 15 is 0 Å². The molecule has 0 aromatic carbocycles. The van der Waals surface area contributed by atoms with Crippen LogP contribution in [0.2, 0.25) is 0 Å². The van der Waals surface area contributed by atoms with Crippen LogP contribution in [0.25, 0.3) is 9.88 Å². The first-order chi connectivity index (χ1) is 11.2. The summed E-state index contributed by atoms with van der Waals surface area (Å²) in [5.74, 6) is 0. The number of aromatic nitrogens is 2. The molecule has 0 aliphatic carbocycles. The number of nitrogens with zero attached hydrogens (tertiary/aromatic N) is 5.